The highest BCUT2D eigenvalue weighted by molar-refractivity contribution is 7.89. The molecule has 0 spiro atoms. The van der Waals surface area contributed by atoms with Crippen LogP contribution in [0, 0.1) is 0 Å². The van der Waals surface area contributed by atoms with Crippen molar-refractivity contribution in [3.8, 4) is 0 Å². The number of primary sulfonamides is 1. The van der Waals surface area contributed by atoms with E-state index in [-0.39, 0.29) is 5.03 Å². The molecule has 1 aromatic rings. The first kappa shape index (κ1) is 10.6. The highest BCUT2D eigenvalue weighted by Crippen LogP contribution is 2.29. The van der Waals surface area contributed by atoms with Crippen molar-refractivity contribution in [3.63, 3.8) is 0 Å². The lowest BCUT2D eigenvalue weighted by molar-refractivity contribution is -0.0532. The molecular formula is C8H13N3O3S. The number of fused-ring (bicyclic) bond motifs is 1. The Bertz CT molecular complexity index is 489. The number of hydrogen-bond donors (Lipinski definition) is 1. The van der Waals surface area contributed by atoms with Crippen molar-refractivity contribution in [3.05, 3.63) is 11.8 Å². The van der Waals surface area contributed by atoms with Gasteiger partial charge in [0.05, 0.1) is 18.8 Å². The Labute approximate surface area is 88.1 Å². The lowest BCUT2D eigenvalue weighted by Crippen LogP contribution is -2.33. The molecule has 0 amide bonds. The van der Waals surface area contributed by atoms with Gasteiger partial charge < -0.3 is 4.74 Å². The van der Waals surface area contributed by atoms with Crippen LogP contribution < -0.4 is 5.14 Å². The number of hydrogen-bond acceptors (Lipinski definition) is 4. The van der Waals surface area contributed by atoms with Gasteiger partial charge in [-0.15, -0.1) is 0 Å². The molecule has 0 bridgehead atoms. The van der Waals surface area contributed by atoms with E-state index in [1.807, 2.05) is 13.8 Å². The molecule has 7 heteroatoms. The largest absolute Gasteiger partial charge is 0.367 e. The molecule has 2 rings (SSSR count). The number of nitrogens with two attached hydrogens (primary N) is 1. The third kappa shape index (κ3) is 1.77. The molecule has 1 aromatic heterocycles. The van der Waals surface area contributed by atoms with Gasteiger partial charge in [0.25, 0.3) is 10.0 Å². The van der Waals surface area contributed by atoms with Crippen molar-refractivity contribution in [2.75, 3.05) is 6.61 Å². The maximum absolute atomic E-state index is 11.1. The molecule has 2 N–H and O–H groups in total. The lowest BCUT2D eigenvalue weighted by atomic mass is 10.0. The first-order valence-corrected chi connectivity index (χ1v) is 6.10. The van der Waals surface area contributed by atoms with Gasteiger partial charge in [0.2, 0.25) is 0 Å². The smallest absolute Gasteiger partial charge is 0.257 e. The fraction of sp³-hybridized carbons (Fsp3) is 0.625. The molecule has 0 unspecified atom stereocenters. The Morgan fingerprint density at radius 3 is 2.80 bits per heavy atom. The lowest BCUT2D eigenvalue weighted by Gasteiger charge is -2.30. The highest BCUT2D eigenvalue weighted by Gasteiger charge is 2.32. The molecule has 0 aliphatic carbocycles. The second-order valence-electron chi connectivity index (χ2n) is 3.99. The van der Waals surface area contributed by atoms with Crippen LogP contribution in [0.5, 0.6) is 0 Å². The Morgan fingerprint density at radius 1 is 1.60 bits per heavy atom. The quantitative estimate of drug-likeness (QED) is 0.724. The van der Waals surface area contributed by atoms with E-state index in [0.717, 1.165) is 5.69 Å². The van der Waals surface area contributed by atoms with E-state index in [0.29, 0.717) is 13.2 Å². The number of ether oxygens (including phenoxy) is 1. The van der Waals surface area contributed by atoms with Gasteiger partial charge >= 0.3 is 0 Å². The molecule has 2 heterocycles. The van der Waals surface area contributed by atoms with Crippen LogP contribution in [-0.4, -0.2) is 24.8 Å². The van der Waals surface area contributed by atoms with Crippen molar-refractivity contribution in [2.24, 2.45) is 5.14 Å². The maximum atomic E-state index is 11.1. The molecule has 0 fully saturated rings. The fourth-order valence-corrected chi connectivity index (χ4v) is 2.14. The fourth-order valence-electron chi connectivity index (χ4n) is 1.65. The zero-order valence-electron chi connectivity index (χ0n) is 8.60. The number of nitrogens with zero attached hydrogens (tertiary/aromatic N) is 2. The minimum Gasteiger partial charge on any atom is -0.367 e. The number of sulfonamides is 1. The summed E-state index contributed by atoms with van der Waals surface area (Å²) in [5.41, 5.74) is 0.214. The van der Waals surface area contributed by atoms with E-state index in [2.05, 4.69) is 5.10 Å². The van der Waals surface area contributed by atoms with Gasteiger partial charge in [0.15, 0.2) is 5.03 Å². The van der Waals surface area contributed by atoms with Crippen LogP contribution in [0.15, 0.2) is 11.1 Å². The summed E-state index contributed by atoms with van der Waals surface area (Å²) in [6.45, 7) is 4.80. The van der Waals surface area contributed by atoms with E-state index < -0.39 is 15.6 Å². The van der Waals surface area contributed by atoms with Crippen LogP contribution in [0.3, 0.4) is 0 Å². The van der Waals surface area contributed by atoms with Gasteiger partial charge in [-0.05, 0) is 13.8 Å². The average molecular weight is 231 g/mol. The molecule has 0 saturated heterocycles. The summed E-state index contributed by atoms with van der Waals surface area (Å²) in [5.74, 6) is 0. The van der Waals surface area contributed by atoms with Gasteiger partial charge in [-0.3, -0.25) is 4.68 Å². The van der Waals surface area contributed by atoms with Crippen molar-refractivity contribution in [2.45, 2.75) is 31.0 Å². The normalized spacial score (nSPS) is 19.9. The summed E-state index contributed by atoms with van der Waals surface area (Å²) >= 11 is 0. The monoisotopic (exact) mass is 231 g/mol. The summed E-state index contributed by atoms with van der Waals surface area (Å²) in [6.07, 6.45) is 0. The summed E-state index contributed by atoms with van der Waals surface area (Å²) in [5, 5.41) is 8.85. The molecule has 1 aliphatic heterocycles. The molecule has 6 nitrogen and oxygen atoms in total. The Balaban J connectivity index is 2.57. The van der Waals surface area contributed by atoms with E-state index in [1.54, 1.807) is 4.68 Å². The Morgan fingerprint density at radius 2 is 2.27 bits per heavy atom. The summed E-state index contributed by atoms with van der Waals surface area (Å²) in [7, 11) is -3.73. The van der Waals surface area contributed by atoms with Crippen molar-refractivity contribution < 1.29 is 13.2 Å². The van der Waals surface area contributed by atoms with Crippen molar-refractivity contribution in [1.29, 1.82) is 0 Å². The standard InChI is InChI=1S/C8H13N3O3S/c1-8(2)6-5-7(15(9,12)13)10-11(6)3-4-14-8/h5H,3-4H2,1-2H3,(H2,9,12,13). The zero-order chi connectivity index (χ0) is 11.3. The van der Waals surface area contributed by atoms with E-state index in [9.17, 15) is 8.42 Å². The second kappa shape index (κ2) is 3.03. The highest BCUT2D eigenvalue weighted by atomic mass is 32.2. The van der Waals surface area contributed by atoms with Gasteiger partial charge in [-0.2, -0.15) is 5.10 Å². The molecule has 0 atom stereocenters. The second-order valence-corrected chi connectivity index (χ2v) is 5.50. The zero-order valence-corrected chi connectivity index (χ0v) is 9.41. The van der Waals surface area contributed by atoms with Gasteiger partial charge in [0, 0.05) is 6.07 Å². The van der Waals surface area contributed by atoms with E-state index in [1.165, 1.54) is 6.07 Å². The molecule has 0 saturated carbocycles. The van der Waals surface area contributed by atoms with Crippen LogP contribution in [-0.2, 0) is 26.9 Å². The molecule has 15 heavy (non-hydrogen) atoms. The van der Waals surface area contributed by atoms with Crippen molar-refractivity contribution in [1.82, 2.24) is 9.78 Å². The third-order valence-corrected chi connectivity index (χ3v) is 3.21. The molecule has 1 aliphatic rings. The Kier molecular flexibility index (Phi) is 2.14. The number of aromatic nitrogens is 2. The minimum atomic E-state index is -3.73. The maximum Gasteiger partial charge on any atom is 0.257 e. The molecule has 0 aromatic carbocycles. The summed E-state index contributed by atoms with van der Waals surface area (Å²) < 4.78 is 29.4. The van der Waals surface area contributed by atoms with Gasteiger partial charge in [-0.1, -0.05) is 0 Å². The predicted molar refractivity (Wildman–Crippen MR) is 52.6 cm³/mol. The van der Waals surface area contributed by atoms with Gasteiger partial charge in [0.1, 0.15) is 5.60 Å². The van der Waals surface area contributed by atoms with E-state index in [4.69, 9.17) is 9.88 Å². The van der Waals surface area contributed by atoms with Crippen LogP contribution in [0.4, 0.5) is 0 Å². The predicted octanol–water partition coefficient (Wildman–Crippen LogP) is -0.204. The third-order valence-electron chi connectivity index (χ3n) is 2.43. The first-order valence-electron chi connectivity index (χ1n) is 4.56. The van der Waals surface area contributed by atoms with E-state index >= 15 is 0 Å². The van der Waals surface area contributed by atoms with Crippen molar-refractivity contribution >= 4 is 10.0 Å². The molecule has 0 radical (unpaired) electrons. The summed E-state index contributed by atoms with van der Waals surface area (Å²) in [4.78, 5) is 0. The first-order chi connectivity index (χ1) is 6.81. The van der Waals surface area contributed by atoms with Gasteiger partial charge in [-0.25, -0.2) is 13.6 Å². The van der Waals surface area contributed by atoms with Crippen LogP contribution >= 0.6 is 0 Å². The molecular weight excluding hydrogens is 218 g/mol. The topological polar surface area (TPSA) is 87.2 Å². The van der Waals surface area contributed by atoms with Crippen LogP contribution in [0.2, 0.25) is 0 Å². The summed E-state index contributed by atoms with van der Waals surface area (Å²) in [6, 6.07) is 1.47. The molecule has 84 valence electrons. The SMILES string of the molecule is CC1(C)OCCn2nc(S(N)(=O)=O)cc21. The van der Waals surface area contributed by atoms with Crippen LogP contribution in [0.1, 0.15) is 19.5 Å². The number of rotatable bonds is 1. The Hall–Kier alpha value is -0.920. The van der Waals surface area contributed by atoms with Crippen LogP contribution in [0.25, 0.3) is 0 Å². The minimum absolute atomic E-state index is 0.101. The average Bonchev–Trinajstić information content (AvgIpc) is 2.47.